The highest BCUT2D eigenvalue weighted by molar-refractivity contribution is 6.32. The molecule has 3 N–H and O–H groups in total. The number of hydrogen-bond donors (Lipinski definition) is 2. The van der Waals surface area contributed by atoms with Gasteiger partial charge in [-0.1, -0.05) is 17.7 Å². The van der Waals surface area contributed by atoms with Crippen LogP contribution in [0.4, 0.5) is 0 Å². The van der Waals surface area contributed by atoms with Gasteiger partial charge in [0, 0.05) is 19.6 Å². The maximum Gasteiger partial charge on any atom is 0.134 e. The maximum atomic E-state index is 9.22. The van der Waals surface area contributed by atoms with Crippen molar-refractivity contribution in [3.8, 4) is 5.75 Å². The third-order valence-electron chi connectivity index (χ3n) is 1.98. The van der Waals surface area contributed by atoms with Gasteiger partial charge >= 0.3 is 0 Å². The Morgan fingerprint density at radius 1 is 1.50 bits per heavy atom. The Bertz CT molecular complexity index is 304. The molecule has 0 heterocycles. The van der Waals surface area contributed by atoms with Gasteiger partial charge in [0.25, 0.3) is 0 Å². The Balaban J connectivity index is 2.63. The summed E-state index contributed by atoms with van der Waals surface area (Å²) in [7, 11) is 1.99. The number of phenolic OH excluding ortho intramolecular Hbond substituents is 1. The third kappa shape index (κ3) is 3.18. The number of aromatic hydroxyl groups is 1. The SMILES string of the molecule is CN(CCN)Cc1ccc(O)c(Cl)c1. The molecule has 3 nitrogen and oxygen atoms in total. The molecule has 0 unspecified atom stereocenters. The smallest absolute Gasteiger partial charge is 0.134 e. The lowest BCUT2D eigenvalue weighted by molar-refractivity contribution is 0.336. The molecule has 78 valence electrons. The molecule has 0 radical (unpaired) electrons. The molecule has 14 heavy (non-hydrogen) atoms. The van der Waals surface area contributed by atoms with Crippen molar-refractivity contribution in [2.45, 2.75) is 6.54 Å². The van der Waals surface area contributed by atoms with E-state index in [-0.39, 0.29) is 5.75 Å². The van der Waals surface area contributed by atoms with Crippen LogP contribution >= 0.6 is 11.6 Å². The van der Waals surface area contributed by atoms with Crippen LogP contribution in [0, 0.1) is 0 Å². The fourth-order valence-electron chi connectivity index (χ4n) is 1.26. The normalized spacial score (nSPS) is 10.9. The van der Waals surface area contributed by atoms with E-state index in [1.165, 1.54) is 0 Å². The predicted molar refractivity (Wildman–Crippen MR) is 58.5 cm³/mol. The molecule has 1 rings (SSSR count). The molecule has 1 aromatic carbocycles. The minimum Gasteiger partial charge on any atom is -0.506 e. The standard InChI is InChI=1S/C10H15ClN2O/c1-13(5-4-12)7-8-2-3-10(14)9(11)6-8/h2-3,6,14H,4-5,7,12H2,1H3. The Morgan fingerprint density at radius 2 is 2.21 bits per heavy atom. The van der Waals surface area contributed by atoms with Crippen molar-refractivity contribution in [2.75, 3.05) is 20.1 Å². The Morgan fingerprint density at radius 3 is 2.79 bits per heavy atom. The highest BCUT2D eigenvalue weighted by atomic mass is 35.5. The van der Waals surface area contributed by atoms with Crippen LogP contribution in [0.15, 0.2) is 18.2 Å². The van der Waals surface area contributed by atoms with Crippen molar-refractivity contribution in [2.24, 2.45) is 5.73 Å². The summed E-state index contributed by atoms with van der Waals surface area (Å²) in [6, 6.07) is 5.23. The molecule has 0 saturated heterocycles. The molecule has 0 amide bonds. The molecule has 0 spiro atoms. The average molecular weight is 215 g/mol. The molecule has 0 bridgehead atoms. The van der Waals surface area contributed by atoms with E-state index in [9.17, 15) is 5.11 Å². The maximum absolute atomic E-state index is 9.22. The second kappa shape index (κ2) is 5.20. The quantitative estimate of drug-likeness (QED) is 0.798. The first-order valence-corrected chi connectivity index (χ1v) is 4.87. The lowest BCUT2D eigenvalue weighted by atomic mass is 10.2. The molecule has 0 aromatic heterocycles. The second-order valence-corrected chi connectivity index (χ2v) is 3.72. The number of benzene rings is 1. The van der Waals surface area contributed by atoms with Crippen molar-refractivity contribution in [1.29, 1.82) is 0 Å². The lowest BCUT2D eigenvalue weighted by Gasteiger charge is -2.15. The number of nitrogens with zero attached hydrogens (tertiary/aromatic N) is 1. The summed E-state index contributed by atoms with van der Waals surface area (Å²) in [5, 5.41) is 9.61. The van der Waals surface area contributed by atoms with Gasteiger partial charge in [0.15, 0.2) is 0 Å². The molecule has 0 aliphatic rings. The monoisotopic (exact) mass is 214 g/mol. The van der Waals surface area contributed by atoms with Crippen molar-refractivity contribution in [3.63, 3.8) is 0 Å². The van der Waals surface area contributed by atoms with Crippen molar-refractivity contribution in [1.82, 2.24) is 4.90 Å². The fourth-order valence-corrected chi connectivity index (χ4v) is 1.46. The van der Waals surface area contributed by atoms with Gasteiger partial charge in [0.1, 0.15) is 5.75 Å². The summed E-state index contributed by atoms with van der Waals surface area (Å²) >= 11 is 5.78. The molecule has 0 aliphatic carbocycles. The first-order valence-electron chi connectivity index (χ1n) is 4.49. The molecule has 1 aromatic rings. The van der Waals surface area contributed by atoms with E-state index in [4.69, 9.17) is 17.3 Å². The topological polar surface area (TPSA) is 49.5 Å². The lowest BCUT2D eigenvalue weighted by Crippen LogP contribution is -2.24. The zero-order chi connectivity index (χ0) is 10.6. The number of halogens is 1. The third-order valence-corrected chi connectivity index (χ3v) is 2.28. The van der Waals surface area contributed by atoms with Crippen LogP contribution in [0.3, 0.4) is 0 Å². The molecule has 0 fully saturated rings. The number of phenols is 1. The molecule has 0 atom stereocenters. The fraction of sp³-hybridized carbons (Fsp3) is 0.400. The van der Waals surface area contributed by atoms with Crippen LogP contribution in [0.5, 0.6) is 5.75 Å². The Hall–Kier alpha value is -0.770. The van der Waals surface area contributed by atoms with E-state index < -0.39 is 0 Å². The van der Waals surface area contributed by atoms with E-state index >= 15 is 0 Å². The van der Waals surface area contributed by atoms with Gasteiger partial charge in [-0.2, -0.15) is 0 Å². The number of hydrogen-bond acceptors (Lipinski definition) is 3. The predicted octanol–water partition coefficient (Wildman–Crippen LogP) is 1.44. The molecule has 4 heteroatoms. The first kappa shape index (κ1) is 11.3. The largest absolute Gasteiger partial charge is 0.506 e. The van der Waals surface area contributed by atoms with Gasteiger partial charge in [0.05, 0.1) is 5.02 Å². The second-order valence-electron chi connectivity index (χ2n) is 3.31. The minimum atomic E-state index is 0.122. The van der Waals surface area contributed by atoms with Gasteiger partial charge in [-0.3, -0.25) is 0 Å². The average Bonchev–Trinajstić information content (AvgIpc) is 2.12. The van der Waals surface area contributed by atoms with E-state index in [0.717, 1.165) is 18.7 Å². The van der Waals surface area contributed by atoms with Gasteiger partial charge in [0.2, 0.25) is 0 Å². The minimum absolute atomic E-state index is 0.122. The van der Waals surface area contributed by atoms with Crippen molar-refractivity contribution in [3.05, 3.63) is 28.8 Å². The van der Waals surface area contributed by atoms with Crippen molar-refractivity contribution < 1.29 is 5.11 Å². The van der Waals surface area contributed by atoms with Crippen molar-refractivity contribution >= 4 is 11.6 Å². The zero-order valence-electron chi connectivity index (χ0n) is 8.20. The zero-order valence-corrected chi connectivity index (χ0v) is 8.96. The van der Waals surface area contributed by atoms with E-state index in [1.54, 1.807) is 12.1 Å². The number of rotatable bonds is 4. The number of nitrogens with two attached hydrogens (primary N) is 1. The summed E-state index contributed by atoms with van der Waals surface area (Å²) in [6.07, 6.45) is 0. The summed E-state index contributed by atoms with van der Waals surface area (Å²) < 4.78 is 0. The Kier molecular flexibility index (Phi) is 4.20. The van der Waals surface area contributed by atoms with Crippen LogP contribution in [0.2, 0.25) is 5.02 Å². The van der Waals surface area contributed by atoms with Gasteiger partial charge in [-0.25, -0.2) is 0 Å². The van der Waals surface area contributed by atoms with Crippen LogP contribution in [-0.4, -0.2) is 30.1 Å². The summed E-state index contributed by atoms with van der Waals surface area (Å²) in [6.45, 7) is 2.28. The first-order chi connectivity index (χ1) is 6.63. The summed E-state index contributed by atoms with van der Waals surface area (Å²) in [4.78, 5) is 2.10. The van der Waals surface area contributed by atoms with Crippen LogP contribution < -0.4 is 5.73 Å². The van der Waals surface area contributed by atoms with Gasteiger partial charge in [-0.05, 0) is 24.7 Å². The summed E-state index contributed by atoms with van der Waals surface area (Å²) in [5.41, 5.74) is 6.50. The Labute approximate surface area is 89.1 Å². The van der Waals surface area contributed by atoms with Gasteiger partial charge in [-0.15, -0.1) is 0 Å². The van der Waals surface area contributed by atoms with Crippen LogP contribution in [0.25, 0.3) is 0 Å². The van der Waals surface area contributed by atoms with E-state index in [1.807, 2.05) is 13.1 Å². The van der Waals surface area contributed by atoms with Crippen LogP contribution in [-0.2, 0) is 6.54 Å². The highest BCUT2D eigenvalue weighted by Crippen LogP contribution is 2.23. The van der Waals surface area contributed by atoms with E-state index in [2.05, 4.69) is 4.90 Å². The van der Waals surface area contributed by atoms with E-state index in [0.29, 0.717) is 11.6 Å². The molecular formula is C10H15ClN2O. The van der Waals surface area contributed by atoms with Crippen LogP contribution in [0.1, 0.15) is 5.56 Å². The van der Waals surface area contributed by atoms with Gasteiger partial charge < -0.3 is 15.7 Å². The molecule has 0 aliphatic heterocycles. The molecular weight excluding hydrogens is 200 g/mol. The molecule has 0 saturated carbocycles. The summed E-state index contributed by atoms with van der Waals surface area (Å²) in [5.74, 6) is 0.122. The number of likely N-dealkylation sites (N-methyl/N-ethyl adjacent to an activating group) is 1. The highest BCUT2D eigenvalue weighted by Gasteiger charge is 2.02.